The van der Waals surface area contributed by atoms with E-state index >= 15 is 0 Å². The number of rotatable bonds is 9. The first-order valence-electron chi connectivity index (χ1n) is 6.80. The van der Waals surface area contributed by atoms with Gasteiger partial charge in [-0.3, -0.25) is 0 Å². The molecule has 0 aliphatic carbocycles. The van der Waals surface area contributed by atoms with Gasteiger partial charge in [0.1, 0.15) is 11.5 Å². The number of nitrogens with zero attached hydrogens (tertiary/aromatic N) is 1. The van der Waals surface area contributed by atoms with Crippen molar-refractivity contribution in [2.24, 2.45) is 5.73 Å². The maximum Gasteiger partial charge on any atom is 0.122 e. The minimum absolute atomic E-state index is 0.775. The van der Waals surface area contributed by atoms with Crippen LogP contribution in [-0.2, 0) is 6.42 Å². The van der Waals surface area contributed by atoms with Crippen LogP contribution in [0.2, 0.25) is 0 Å². The third-order valence-corrected chi connectivity index (χ3v) is 3.24. The fourth-order valence-corrected chi connectivity index (χ4v) is 2.03. The van der Waals surface area contributed by atoms with Crippen molar-refractivity contribution in [1.82, 2.24) is 4.90 Å². The smallest absolute Gasteiger partial charge is 0.122 e. The van der Waals surface area contributed by atoms with Gasteiger partial charge in [0.05, 0.1) is 14.2 Å². The van der Waals surface area contributed by atoms with Gasteiger partial charge in [0.15, 0.2) is 0 Å². The number of hydrogen-bond acceptors (Lipinski definition) is 4. The summed E-state index contributed by atoms with van der Waals surface area (Å²) in [5, 5.41) is 0. The summed E-state index contributed by atoms with van der Waals surface area (Å²) in [4.78, 5) is 2.33. The van der Waals surface area contributed by atoms with Gasteiger partial charge in [-0.2, -0.15) is 0 Å². The lowest BCUT2D eigenvalue weighted by Gasteiger charge is -2.17. The summed E-state index contributed by atoms with van der Waals surface area (Å²) in [6, 6.07) is 5.93. The quantitative estimate of drug-likeness (QED) is 0.694. The third-order valence-electron chi connectivity index (χ3n) is 3.24. The first-order chi connectivity index (χ1) is 9.21. The van der Waals surface area contributed by atoms with E-state index < -0.39 is 0 Å². The van der Waals surface area contributed by atoms with Crippen LogP contribution in [0, 0.1) is 0 Å². The fraction of sp³-hybridized carbons (Fsp3) is 0.600. The molecule has 1 aromatic carbocycles. The molecule has 0 radical (unpaired) electrons. The highest BCUT2D eigenvalue weighted by Gasteiger charge is 2.06. The first-order valence-corrected chi connectivity index (χ1v) is 6.80. The van der Waals surface area contributed by atoms with Crippen molar-refractivity contribution in [3.05, 3.63) is 23.8 Å². The number of methoxy groups -OCH3 is 2. The predicted octanol–water partition coefficient (Wildman–Crippen LogP) is 1.92. The second-order valence-corrected chi connectivity index (χ2v) is 4.73. The van der Waals surface area contributed by atoms with E-state index in [9.17, 15) is 0 Å². The van der Waals surface area contributed by atoms with E-state index in [-0.39, 0.29) is 0 Å². The van der Waals surface area contributed by atoms with E-state index in [2.05, 4.69) is 11.9 Å². The molecule has 4 heteroatoms. The molecule has 0 heterocycles. The molecule has 19 heavy (non-hydrogen) atoms. The maximum atomic E-state index is 5.50. The molecule has 4 nitrogen and oxygen atoms in total. The van der Waals surface area contributed by atoms with Gasteiger partial charge in [-0.15, -0.1) is 0 Å². The number of nitrogens with two attached hydrogens (primary N) is 1. The Morgan fingerprint density at radius 1 is 1.11 bits per heavy atom. The number of unbranched alkanes of at least 4 members (excludes halogenated alkanes) is 1. The Balaban J connectivity index is 2.51. The van der Waals surface area contributed by atoms with Gasteiger partial charge in [-0.25, -0.2) is 0 Å². The Bertz CT molecular complexity index is 369. The summed E-state index contributed by atoms with van der Waals surface area (Å²) < 4.78 is 10.6. The average Bonchev–Trinajstić information content (AvgIpc) is 2.45. The summed E-state index contributed by atoms with van der Waals surface area (Å²) in [6.45, 7) is 2.87. The highest BCUT2D eigenvalue weighted by Crippen LogP contribution is 2.24. The largest absolute Gasteiger partial charge is 0.497 e. The zero-order valence-electron chi connectivity index (χ0n) is 12.3. The Hall–Kier alpha value is -1.26. The van der Waals surface area contributed by atoms with Gasteiger partial charge in [0, 0.05) is 6.54 Å². The van der Waals surface area contributed by atoms with Crippen LogP contribution in [0.15, 0.2) is 18.2 Å². The van der Waals surface area contributed by atoms with Crippen LogP contribution in [0.1, 0.15) is 18.4 Å². The molecule has 0 aliphatic heterocycles. The molecule has 0 fully saturated rings. The zero-order chi connectivity index (χ0) is 14.1. The molecular formula is C15H26N2O2. The first kappa shape index (κ1) is 15.8. The van der Waals surface area contributed by atoms with Crippen LogP contribution in [0.3, 0.4) is 0 Å². The Labute approximate surface area is 116 Å². The SMILES string of the molecule is COc1ccc(OC)c(CCN(C)CCCCN)c1. The van der Waals surface area contributed by atoms with Crippen LogP contribution < -0.4 is 15.2 Å². The van der Waals surface area contributed by atoms with Crippen molar-refractivity contribution in [3.63, 3.8) is 0 Å². The average molecular weight is 266 g/mol. The number of ether oxygens (including phenoxy) is 2. The van der Waals surface area contributed by atoms with Crippen molar-refractivity contribution in [1.29, 1.82) is 0 Å². The van der Waals surface area contributed by atoms with Crippen molar-refractivity contribution in [2.75, 3.05) is 40.9 Å². The lowest BCUT2D eigenvalue weighted by Crippen LogP contribution is -2.23. The van der Waals surface area contributed by atoms with Gasteiger partial charge < -0.3 is 20.1 Å². The minimum atomic E-state index is 0.775. The van der Waals surface area contributed by atoms with Crippen LogP contribution >= 0.6 is 0 Å². The molecule has 1 aromatic rings. The standard InChI is InChI=1S/C15H26N2O2/c1-17(10-5-4-9-16)11-8-13-12-14(18-2)6-7-15(13)19-3/h6-7,12H,4-5,8-11,16H2,1-3H3. The van der Waals surface area contributed by atoms with Crippen molar-refractivity contribution >= 4 is 0 Å². The lowest BCUT2D eigenvalue weighted by molar-refractivity contribution is 0.327. The molecule has 0 unspecified atom stereocenters. The molecule has 0 saturated heterocycles. The summed E-state index contributed by atoms with van der Waals surface area (Å²) in [6.07, 6.45) is 3.20. The lowest BCUT2D eigenvalue weighted by atomic mass is 10.1. The van der Waals surface area contributed by atoms with Gasteiger partial charge in [-0.1, -0.05) is 0 Å². The molecule has 0 aromatic heterocycles. The molecule has 0 amide bonds. The van der Waals surface area contributed by atoms with Crippen molar-refractivity contribution < 1.29 is 9.47 Å². The highest BCUT2D eigenvalue weighted by molar-refractivity contribution is 5.40. The zero-order valence-corrected chi connectivity index (χ0v) is 12.3. The highest BCUT2D eigenvalue weighted by atomic mass is 16.5. The molecule has 0 bridgehead atoms. The third kappa shape index (κ3) is 5.49. The van der Waals surface area contributed by atoms with Crippen LogP contribution in [0.4, 0.5) is 0 Å². The molecule has 1 rings (SSSR count). The number of benzene rings is 1. The molecule has 0 atom stereocenters. The molecular weight excluding hydrogens is 240 g/mol. The summed E-state index contributed by atoms with van der Waals surface area (Å²) in [5.41, 5.74) is 6.69. The predicted molar refractivity (Wildman–Crippen MR) is 79.0 cm³/mol. The van der Waals surface area contributed by atoms with E-state index in [0.29, 0.717) is 0 Å². The van der Waals surface area contributed by atoms with E-state index in [1.54, 1.807) is 14.2 Å². The fourth-order valence-electron chi connectivity index (χ4n) is 2.03. The topological polar surface area (TPSA) is 47.7 Å². The molecule has 108 valence electrons. The van der Waals surface area contributed by atoms with Gasteiger partial charge in [-0.05, 0) is 63.2 Å². The van der Waals surface area contributed by atoms with E-state index in [0.717, 1.165) is 50.4 Å². The second-order valence-electron chi connectivity index (χ2n) is 4.73. The summed E-state index contributed by atoms with van der Waals surface area (Å²) >= 11 is 0. The van der Waals surface area contributed by atoms with Gasteiger partial charge >= 0.3 is 0 Å². The Kier molecular flexibility index (Phi) is 7.30. The molecule has 0 aliphatic rings. The minimum Gasteiger partial charge on any atom is -0.497 e. The number of likely N-dealkylation sites (N-methyl/N-ethyl adjacent to an activating group) is 1. The van der Waals surface area contributed by atoms with E-state index in [4.69, 9.17) is 15.2 Å². The molecule has 0 saturated carbocycles. The molecule has 0 spiro atoms. The van der Waals surface area contributed by atoms with E-state index in [1.807, 2.05) is 18.2 Å². The normalized spacial score (nSPS) is 10.8. The van der Waals surface area contributed by atoms with E-state index in [1.165, 1.54) is 5.56 Å². The maximum absolute atomic E-state index is 5.50. The Morgan fingerprint density at radius 2 is 1.89 bits per heavy atom. The van der Waals surface area contributed by atoms with Crippen LogP contribution in [0.25, 0.3) is 0 Å². The monoisotopic (exact) mass is 266 g/mol. The van der Waals surface area contributed by atoms with Crippen LogP contribution in [-0.4, -0.2) is 45.8 Å². The summed E-state index contributed by atoms with van der Waals surface area (Å²) in [7, 11) is 5.53. The van der Waals surface area contributed by atoms with Gasteiger partial charge in [0.2, 0.25) is 0 Å². The molecule has 2 N–H and O–H groups in total. The van der Waals surface area contributed by atoms with Crippen molar-refractivity contribution in [3.8, 4) is 11.5 Å². The van der Waals surface area contributed by atoms with Crippen LogP contribution in [0.5, 0.6) is 11.5 Å². The number of hydrogen-bond donors (Lipinski definition) is 1. The summed E-state index contributed by atoms with van der Waals surface area (Å²) in [5.74, 6) is 1.80. The van der Waals surface area contributed by atoms with Gasteiger partial charge in [0.25, 0.3) is 0 Å². The second kappa shape index (κ2) is 8.77. The van der Waals surface area contributed by atoms with Crippen molar-refractivity contribution in [2.45, 2.75) is 19.3 Å². The Morgan fingerprint density at radius 3 is 2.53 bits per heavy atom.